The highest BCUT2D eigenvalue weighted by atomic mass is 16.6. The molecule has 2 rings (SSSR count). The molecule has 0 aliphatic rings. The minimum absolute atomic E-state index is 0.0559. The van der Waals surface area contributed by atoms with Gasteiger partial charge in [-0.3, -0.25) is 10.1 Å². The molecule has 0 aromatic heterocycles. The highest BCUT2D eigenvalue weighted by Crippen LogP contribution is 2.32. The summed E-state index contributed by atoms with van der Waals surface area (Å²) in [7, 11) is 1.85. The van der Waals surface area contributed by atoms with E-state index in [0.717, 1.165) is 12.1 Å². The lowest BCUT2D eigenvalue weighted by Gasteiger charge is -2.07. The molecular formula is C15H13N3O3. The van der Waals surface area contributed by atoms with E-state index >= 15 is 0 Å². The van der Waals surface area contributed by atoms with Crippen molar-refractivity contribution in [2.45, 2.75) is 6.54 Å². The first kappa shape index (κ1) is 14.5. The van der Waals surface area contributed by atoms with Gasteiger partial charge in [0.05, 0.1) is 16.6 Å². The van der Waals surface area contributed by atoms with Gasteiger partial charge in [-0.2, -0.15) is 5.26 Å². The zero-order chi connectivity index (χ0) is 15.2. The first-order valence-corrected chi connectivity index (χ1v) is 6.24. The van der Waals surface area contributed by atoms with Gasteiger partial charge in [-0.1, -0.05) is 12.1 Å². The number of rotatable bonds is 5. The fraction of sp³-hybridized carbons (Fsp3) is 0.133. The molecule has 0 bridgehead atoms. The number of hydrogen-bond donors (Lipinski definition) is 1. The summed E-state index contributed by atoms with van der Waals surface area (Å²) in [6, 6.07) is 13.1. The van der Waals surface area contributed by atoms with Crippen LogP contribution in [0.15, 0.2) is 42.5 Å². The Morgan fingerprint density at radius 1 is 1.29 bits per heavy atom. The van der Waals surface area contributed by atoms with Crippen molar-refractivity contribution in [3.63, 3.8) is 0 Å². The van der Waals surface area contributed by atoms with Crippen LogP contribution < -0.4 is 10.1 Å². The van der Waals surface area contributed by atoms with E-state index in [0.29, 0.717) is 11.3 Å². The number of benzene rings is 2. The van der Waals surface area contributed by atoms with Crippen LogP contribution in [0.1, 0.15) is 11.1 Å². The maximum absolute atomic E-state index is 11.0. The van der Waals surface area contributed by atoms with E-state index in [1.807, 2.05) is 25.2 Å². The summed E-state index contributed by atoms with van der Waals surface area (Å²) in [5.41, 5.74) is 1.21. The number of nitrogens with one attached hydrogen (secondary N) is 1. The van der Waals surface area contributed by atoms with Gasteiger partial charge in [0.1, 0.15) is 5.75 Å². The van der Waals surface area contributed by atoms with Crippen LogP contribution in [0.4, 0.5) is 5.69 Å². The molecule has 2 aromatic carbocycles. The largest absolute Gasteiger partial charge is 0.450 e. The van der Waals surface area contributed by atoms with Gasteiger partial charge in [-0.15, -0.1) is 0 Å². The molecular weight excluding hydrogens is 270 g/mol. The molecule has 6 heteroatoms. The molecule has 106 valence electrons. The van der Waals surface area contributed by atoms with Crippen LogP contribution in [0.5, 0.6) is 11.5 Å². The zero-order valence-corrected chi connectivity index (χ0v) is 11.4. The average Bonchev–Trinajstić information content (AvgIpc) is 2.49. The Morgan fingerprint density at radius 3 is 2.57 bits per heavy atom. The van der Waals surface area contributed by atoms with Crippen molar-refractivity contribution in [1.82, 2.24) is 5.32 Å². The molecule has 0 radical (unpaired) electrons. The Balaban J connectivity index is 2.29. The Kier molecular flexibility index (Phi) is 4.49. The van der Waals surface area contributed by atoms with Crippen LogP contribution in [-0.4, -0.2) is 12.0 Å². The van der Waals surface area contributed by atoms with Crippen LogP contribution in [-0.2, 0) is 6.54 Å². The van der Waals surface area contributed by atoms with Crippen molar-refractivity contribution in [1.29, 1.82) is 5.26 Å². The van der Waals surface area contributed by atoms with Gasteiger partial charge in [-0.05, 0) is 30.8 Å². The second-order valence-corrected chi connectivity index (χ2v) is 4.33. The molecule has 2 aromatic rings. The first-order valence-electron chi connectivity index (χ1n) is 6.24. The van der Waals surface area contributed by atoms with E-state index in [-0.39, 0.29) is 11.4 Å². The summed E-state index contributed by atoms with van der Waals surface area (Å²) in [5.74, 6) is 0.536. The molecule has 0 unspecified atom stereocenters. The summed E-state index contributed by atoms with van der Waals surface area (Å²) >= 11 is 0. The Morgan fingerprint density at radius 2 is 2.00 bits per heavy atom. The highest BCUT2D eigenvalue weighted by Gasteiger charge is 2.16. The number of nitrogens with zero attached hydrogens (tertiary/aromatic N) is 2. The smallest absolute Gasteiger partial charge is 0.311 e. The van der Waals surface area contributed by atoms with E-state index in [2.05, 4.69) is 5.32 Å². The molecule has 0 atom stereocenters. The van der Waals surface area contributed by atoms with Crippen molar-refractivity contribution in [3.05, 3.63) is 63.7 Å². The van der Waals surface area contributed by atoms with Crippen LogP contribution in [0.25, 0.3) is 0 Å². The van der Waals surface area contributed by atoms with Crippen LogP contribution in [0.2, 0.25) is 0 Å². The van der Waals surface area contributed by atoms with Gasteiger partial charge >= 0.3 is 5.69 Å². The number of nitro benzene ring substituents is 1. The predicted molar refractivity (Wildman–Crippen MR) is 77.1 cm³/mol. The third-order valence-electron chi connectivity index (χ3n) is 2.82. The highest BCUT2D eigenvalue weighted by molar-refractivity contribution is 5.53. The molecule has 0 aliphatic heterocycles. The topological polar surface area (TPSA) is 88.2 Å². The minimum atomic E-state index is -0.536. The second kappa shape index (κ2) is 6.50. The normalized spacial score (nSPS) is 9.90. The van der Waals surface area contributed by atoms with Crippen molar-refractivity contribution in [3.8, 4) is 17.6 Å². The zero-order valence-electron chi connectivity index (χ0n) is 11.4. The maximum atomic E-state index is 11.0. The van der Waals surface area contributed by atoms with Crippen LogP contribution >= 0.6 is 0 Å². The molecule has 1 N–H and O–H groups in total. The maximum Gasteiger partial charge on any atom is 0.311 e. The molecule has 0 amide bonds. The Labute approximate surface area is 121 Å². The summed E-state index contributed by atoms with van der Waals surface area (Å²) in [6.07, 6.45) is 0. The molecule has 0 saturated carbocycles. The fourth-order valence-corrected chi connectivity index (χ4v) is 1.82. The molecule has 0 spiro atoms. The fourth-order valence-electron chi connectivity index (χ4n) is 1.82. The molecule has 21 heavy (non-hydrogen) atoms. The minimum Gasteiger partial charge on any atom is -0.450 e. The standard InChI is InChI=1S/C15H13N3O3/c1-17-10-11-2-5-13(6-3-11)21-15-8-12(9-16)4-7-14(15)18(19)20/h2-8,17H,10H2,1H3. The molecule has 0 fully saturated rings. The molecule has 0 aliphatic carbocycles. The van der Waals surface area contributed by atoms with E-state index < -0.39 is 4.92 Å². The van der Waals surface area contributed by atoms with Crippen LogP contribution in [0.3, 0.4) is 0 Å². The monoisotopic (exact) mass is 283 g/mol. The number of ether oxygens (including phenoxy) is 1. The quantitative estimate of drug-likeness (QED) is 0.673. The summed E-state index contributed by atoms with van der Waals surface area (Å²) in [5, 5.41) is 22.9. The van der Waals surface area contributed by atoms with Crippen LogP contribution in [0, 0.1) is 21.4 Å². The van der Waals surface area contributed by atoms with E-state index in [9.17, 15) is 10.1 Å². The van der Waals surface area contributed by atoms with E-state index in [1.165, 1.54) is 18.2 Å². The lowest BCUT2D eigenvalue weighted by molar-refractivity contribution is -0.385. The molecule has 0 heterocycles. The number of nitriles is 1. The summed E-state index contributed by atoms with van der Waals surface area (Å²) < 4.78 is 5.53. The van der Waals surface area contributed by atoms with Gasteiger partial charge in [0.15, 0.2) is 0 Å². The third kappa shape index (κ3) is 3.55. The van der Waals surface area contributed by atoms with Crippen molar-refractivity contribution < 1.29 is 9.66 Å². The van der Waals surface area contributed by atoms with Crippen molar-refractivity contribution in [2.75, 3.05) is 7.05 Å². The van der Waals surface area contributed by atoms with Gasteiger partial charge in [0.25, 0.3) is 0 Å². The van der Waals surface area contributed by atoms with Gasteiger partial charge < -0.3 is 10.1 Å². The summed E-state index contributed by atoms with van der Waals surface area (Å²) in [4.78, 5) is 10.4. The first-order chi connectivity index (χ1) is 10.1. The van der Waals surface area contributed by atoms with E-state index in [4.69, 9.17) is 10.00 Å². The Bertz CT molecular complexity index is 690. The van der Waals surface area contributed by atoms with Crippen molar-refractivity contribution >= 4 is 5.69 Å². The average molecular weight is 283 g/mol. The van der Waals surface area contributed by atoms with Gasteiger partial charge in [0, 0.05) is 18.7 Å². The number of nitro groups is 1. The van der Waals surface area contributed by atoms with Crippen molar-refractivity contribution in [2.24, 2.45) is 0 Å². The van der Waals surface area contributed by atoms with E-state index in [1.54, 1.807) is 12.1 Å². The molecule has 0 saturated heterocycles. The third-order valence-corrected chi connectivity index (χ3v) is 2.82. The lowest BCUT2D eigenvalue weighted by Crippen LogP contribution is -2.04. The summed E-state index contributed by atoms with van der Waals surface area (Å²) in [6.45, 7) is 0.727. The Hall–Kier alpha value is -2.91. The second-order valence-electron chi connectivity index (χ2n) is 4.33. The SMILES string of the molecule is CNCc1ccc(Oc2cc(C#N)ccc2[N+](=O)[O-])cc1. The molecule has 6 nitrogen and oxygen atoms in total. The van der Waals surface area contributed by atoms with Gasteiger partial charge in [-0.25, -0.2) is 0 Å². The van der Waals surface area contributed by atoms with Gasteiger partial charge in [0.2, 0.25) is 5.75 Å². The lowest BCUT2D eigenvalue weighted by atomic mass is 10.2. The predicted octanol–water partition coefficient (Wildman–Crippen LogP) is 2.98. The number of hydrogen-bond acceptors (Lipinski definition) is 5.